The van der Waals surface area contributed by atoms with E-state index < -0.39 is 0 Å². The molecule has 0 aliphatic carbocycles. The highest BCUT2D eigenvalue weighted by molar-refractivity contribution is 7.34. The predicted molar refractivity (Wildman–Crippen MR) is 41.1 cm³/mol. The second kappa shape index (κ2) is 3.50. The molecule has 0 radical (unpaired) electrons. The summed E-state index contributed by atoms with van der Waals surface area (Å²) in [7, 11) is 0.919. The van der Waals surface area contributed by atoms with E-state index in [0.29, 0.717) is 0 Å². The van der Waals surface area contributed by atoms with Crippen molar-refractivity contribution in [1.29, 1.82) is 0 Å². The Hall–Kier alpha value is 0.350. The van der Waals surface area contributed by atoms with Gasteiger partial charge in [0.1, 0.15) is 0 Å². The van der Waals surface area contributed by atoms with Crippen LogP contribution in [0.2, 0.25) is 0 Å². The third-order valence-electron chi connectivity index (χ3n) is 1.78. The molecule has 0 aromatic carbocycles. The van der Waals surface area contributed by atoms with Crippen LogP contribution < -0.4 is 0 Å². The van der Waals surface area contributed by atoms with Crippen molar-refractivity contribution >= 4 is 8.73 Å². The zero-order chi connectivity index (χ0) is 6.69. The maximum atomic E-state index is 9.10. The van der Waals surface area contributed by atoms with Crippen LogP contribution in [-0.4, -0.2) is 35.6 Å². The number of hydrogen-bond donors (Lipinski definition) is 1. The lowest BCUT2D eigenvalue weighted by molar-refractivity contribution is 0.115. The van der Waals surface area contributed by atoms with E-state index in [4.69, 9.17) is 5.11 Å². The lowest BCUT2D eigenvalue weighted by Crippen LogP contribution is -2.29. The number of piperidine rings is 1. The molecule has 1 N–H and O–H groups in total. The third kappa shape index (κ3) is 2.21. The van der Waals surface area contributed by atoms with Gasteiger partial charge in [-0.3, -0.25) is 4.67 Å². The minimum absolute atomic E-state index is 0.0161. The minimum Gasteiger partial charge on any atom is -0.393 e. The molecule has 1 aliphatic rings. The van der Waals surface area contributed by atoms with E-state index in [2.05, 4.69) is 11.3 Å². The van der Waals surface area contributed by atoms with Crippen LogP contribution in [0.15, 0.2) is 0 Å². The Balaban J connectivity index is 2.18. The van der Waals surface area contributed by atoms with E-state index in [9.17, 15) is 0 Å². The summed E-state index contributed by atoms with van der Waals surface area (Å²) >= 11 is 0. The number of hydrogen-bond acceptors (Lipinski definition) is 2. The molecule has 1 rings (SSSR count). The quantitative estimate of drug-likeness (QED) is 0.551. The van der Waals surface area contributed by atoms with Gasteiger partial charge in [-0.15, -0.1) is 0 Å². The van der Waals surface area contributed by atoms with E-state index in [1.54, 1.807) is 0 Å². The standard InChI is InChI=1S/C6H14NOP/c1-9-7-4-2-6(8)3-5-7/h6,8-9H,2-5H2,1H3. The molecule has 0 spiro atoms. The molecule has 1 saturated heterocycles. The average molecular weight is 147 g/mol. The number of nitrogens with zero attached hydrogens (tertiary/aromatic N) is 1. The van der Waals surface area contributed by atoms with Crippen LogP contribution in [0.4, 0.5) is 0 Å². The molecule has 9 heavy (non-hydrogen) atoms. The fourth-order valence-electron chi connectivity index (χ4n) is 1.09. The molecule has 0 saturated carbocycles. The van der Waals surface area contributed by atoms with Gasteiger partial charge in [0.05, 0.1) is 6.10 Å². The molecule has 1 unspecified atom stereocenters. The van der Waals surface area contributed by atoms with Crippen molar-refractivity contribution in [2.24, 2.45) is 0 Å². The Labute approximate surface area is 58.1 Å². The molecule has 0 bridgehead atoms. The highest BCUT2D eigenvalue weighted by Gasteiger charge is 2.14. The normalized spacial score (nSPS) is 26.0. The van der Waals surface area contributed by atoms with Crippen LogP contribution in [0.25, 0.3) is 0 Å². The largest absolute Gasteiger partial charge is 0.393 e. The van der Waals surface area contributed by atoms with Gasteiger partial charge in [-0.2, -0.15) is 0 Å². The van der Waals surface area contributed by atoms with Crippen molar-refractivity contribution < 1.29 is 5.11 Å². The topological polar surface area (TPSA) is 23.5 Å². The van der Waals surface area contributed by atoms with Crippen LogP contribution in [0.3, 0.4) is 0 Å². The molecular weight excluding hydrogens is 133 g/mol. The third-order valence-corrected chi connectivity index (χ3v) is 2.86. The van der Waals surface area contributed by atoms with Crippen molar-refractivity contribution in [3.8, 4) is 0 Å². The Morgan fingerprint density at radius 1 is 1.44 bits per heavy atom. The smallest absolute Gasteiger partial charge is 0.0564 e. The summed E-state index contributed by atoms with van der Waals surface area (Å²) in [5.41, 5.74) is 0. The van der Waals surface area contributed by atoms with E-state index in [1.165, 1.54) is 0 Å². The highest BCUT2D eigenvalue weighted by Crippen LogP contribution is 2.19. The van der Waals surface area contributed by atoms with Crippen LogP contribution in [0, 0.1) is 0 Å². The molecule has 0 aromatic rings. The predicted octanol–water partition coefficient (Wildman–Crippen LogP) is 0.666. The Bertz CT molecular complexity index is 81.1. The first-order chi connectivity index (χ1) is 4.33. The molecule has 1 atom stereocenters. The van der Waals surface area contributed by atoms with Crippen molar-refractivity contribution in [3.05, 3.63) is 0 Å². The summed E-state index contributed by atoms with van der Waals surface area (Å²) in [6.07, 6.45) is 1.93. The fraction of sp³-hybridized carbons (Fsp3) is 1.00. The van der Waals surface area contributed by atoms with Crippen LogP contribution in [-0.2, 0) is 0 Å². The van der Waals surface area contributed by atoms with Gasteiger partial charge in [-0.05, 0) is 19.5 Å². The van der Waals surface area contributed by atoms with Gasteiger partial charge in [-0.25, -0.2) is 0 Å². The molecule has 1 heterocycles. The zero-order valence-corrected chi connectivity index (χ0v) is 6.80. The number of aliphatic hydroxyl groups excluding tert-OH is 1. The molecule has 1 fully saturated rings. The Morgan fingerprint density at radius 2 is 2.00 bits per heavy atom. The van der Waals surface area contributed by atoms with Crippen molar-refractivity contribution in [1.82, 2.24) is 4.67 Å². The van der Waals surface area contributed by atoms with Crippen molar-refractivity contribution in [2.45, 2.75) is 18.9 Å². The second-order valence-electron chi connectivity index (χ2n) is 2.44. The lowest BCUT2D eigenvalue weighted by Gasteiger charge is -2.27. The summed E-state index contributed by atoms with van der Waals surface area (Å²) in [6.45, 7) is 4.38. The minimum atomic E-state index is -0.0161. The average Bonchev–Trinajstić information content (AvgIpc) is 1.90. The highest BCUT2D eigenvalue weighted by atomic mass is 31.1. The van der Waals surface area contributed by atoms with Gasteiger partial charge in [0.25, 0.3) is 0 Å². The maximum absolute atomic E-state index is 9.10. The number of rotatable bonds is 1. The van der Waals surface area contributed by atoms with Crippen LogP contribution in [0.1, 0.15) is 12.8 Å². The molecule has 3 heteroatoms. The van der Waals surface area contributed by atoms with Crippen LogP contribution in [0.5, 0.6) is 0 Å². The molecule has 54 valence electrons. The zero-order valence-electron chi connectivity index (χ0n) is 5.80. The lowest BCUT2D eigenvalue weighted by atomic mass is 10.1. The number of aliphatic hydroxyl groups is 1. The van der Waals surface area contributed by atoms with Gasteiger partial charge in [-0.1, -0.05) is 8.73 Å². The summed E-state index contributed by atoms with van der Waals surface area (Å²) < 4.78 is 2.40. The maximum Gasteiger partial charge on any atom is 0.0564 e. The van der Waals surface area contributed by atoms with E-state index in [-0.39, 0.29) is 6.10 Å². The van der Waals surface area contributed by atoms with E-state index in [1.807, 2.05) is 0 Å². The Morgan fingerprint density at radius 3 is 2.44 bits per heavy atom. The first kappa shape index (κ1) is 7.46. The molecule has 0 aromatic heterocycles. The van der Waals surface area contributed by atoms with Gasteiger partial charge >= 0.3 is 0 Å². The first-order valence-corrected chi connectivity index (χ1v) is 4.88. The molecule has 0 amide bonds. The van der Waals surface area contributed by atoms with Gasteiger partial charge in [0, 0.05) is 13.1 Å². The second-order valence-corrected chi connectivity index (χ2v) is 3.52. The SMILES string of the molecule is CPN1CCC(O)CC1. The molecule has 1 aliphatic heterocycles. The Kier molecular flexibility index (Phi) is 2.90. The van der Waals surface area contributed by atoms with Crippen molar-refractivity contribution in [2.75, 3.05) is 19.8 Å². The van der Waals surface area contributed by atoms with Crippen LogP contribution >= 0.6 is 8.73 Å². The summed E-state index contributed by atoms with van der Waals surface area (Å²) in [5.74, 6) is 0. The summed E-state index contributed by atoms with van der Waals surface area (Å²) in [6, 6.07) is 0. The van der Waals surface area contributed by atoms with Crippen molar-refractivity contribution in [3.63, 3.8) is 0 Å². The first-order valence-electron chi connectivity index (χ1n) is 3.43. The van der Waals surface area contributed by atoms with E-state index >= 15 is 0 Å². The summed E-state index contributed by atoms with van der Waals surface area (Å²) in [5, 5.41) is 9.10. The van der Waals surface area contributed by atoms with Gasteiger partial charge in [0.2, 0.25) is 0 Å². The van der Waals surface area contributed by atoms with E-state index in [0.717, 1.165) is 34.7 Å². The van der Waals surface area contributed by atoms with Gasteiger partial charge < -0.3 is 5.11 Å². The monoisotopic (exact) mass is 147 g/mol. The fourth-order valence-corrected chi connectivity index (χ4v) is 1.79. The van der Waals surface area contributed by atoms with Gasteiger partial charge in [0.15, 0.2) is 0 Å². The molecular formula is C6H14NOP. The summed E-state index contributed by atoms with van der Waals surface area (Å²) in [4.78, 5) is 0. The molecule has 2 nitrogen and oxygen atoms in total.